The van der Waals surface area contributed by atoms with Crippen molar-refractivity contribution in [3.8, 4) is 6.07 Å². The van der Waals surface area contributed by atoms with E-state index < -0.39 is 4.92 Å². The Labute approximate surface area is 103 Å². The van der Waals surface area contributed by atoms with Crippen molar-refractivity contribution >= 4 is 16.6 Å². The summed E-state index contributed by atoms with van der Waals surface area (Å²) < 4.78 is 2.02. The summed E-state index contributed by atoms with van der Waals surface area (Å²) >= 11 is 0. The Morgan fingerprint density at radius 2 is 2.22 bits per heavy atom. The minimum absolute atomic E-state index is 0.0747. The molecule has 0 spiro atoms. The molecule has 1 saturated carbocycles. The highest BCUT2D eigenvalue weighted by Crippen LogP contribution is 2.36. The van der Waals surface area contributed by atoms with E-state index in [0.29, 0.717) is 11.6 Å². The average Bonchev–Trinajstić information content (AvgIpc) is 2.65. The quantitative estimate of drug-likeness (QED) is 0.598. The summed E-state index contributed by atoms with van der Waals surface area (Å²) in [5.41, 5.74) is 1.46. The Morgan fingerprint density at radius 3 is 2.78 bits per heavy atom. The average molecular weight is 241 g/mol. The molecule has 1 aliphatic carbocycles. The van der Waals surface area contributed by atoms with Crippen molar-refractivity contribution in [3.05, 3.63) is 40.1 Å². The van der Waals surface area contributed by atoms with Gasteiger partial charge in [-0.05, 0) is 25.3 Å². The van der Waals surface area contributed by atoms with Crippen LogP contribution >= 0.6 is 0 Å². The maximum absolute atomic E-state index is 10.8. The largest absolute Gasteiger partial charge is 0.343 e. The number of aromatic nitrogens is 1. The Hall–Kier alpha value is -2.35. The van der Waals surface area contributed by atoms with Crippen LogP contribution in [0.3, 0.4) is 0 Å². The van der Waals surface area contributed by atoms with E-state index in [-0.39, 0.29) is 5.69 Å². The van der Waals surface area contributed by atoms with Crippen molar-refractivity contribution in [3.63, 3.8) is 0 Å². The summed E-state index contributed by atoms with van der Waals surface area (Å²) in [5.74, 6) is 0. The van der Waals surface area contributed by atoms with Gasteiger partial charge in [0.25, 0.3) is 5.69 Å². The summed E-state index contributed by atoms with van der Waals surface area (Å²) in [4.78, 5) is 10.4. The number of hydrogen-bond acceptors (Lipinski definition) is 3. The van der Waals surface area contributed by atoms with Crippen LogP contribution in [0.15, 0.2) is 24.4 Å². The number of non-ortho nitro benzene ring substituents is 1. The smallest absolute Gasteiger partial charge is 0.271 e. The van der Waals surface area contributed by atoms with Crippen LogP contribution in [-0.4, -0.2) is 9.49 Å². The molecular formula is C13H11N3O2. The van der Waals surface area contributed by atoms with Crippen molar-refractivity contribution in [2.24, 2.45) is 0 Å². The molecule has 5 nitrogen and oxygen atoms in total. The van der Waals surface area contributed by atoms with Gasteiger partial charge in [-0.15, -0.1) is 0 Å². The lowest BCUT2D eigenvalue weighted by Gasteiger charge is -2.27. The van der Waals surface area contributed by atoms with Gasteiger partial charge in [0.15, 0.2) is 0 Å². The first-order valence-corrected chi connectivity index (χ1v) is 5.90. The minimum atomic E-state index is -0.399. The van der Waals surface area contributed by atoms with E-state index in [2.05, 4.69) is 6.07 Å². The fourth-order valence-electron chi connectivity index (χ4n) is 2.41. The summed E-state index contributed by atoms with van der Waals surface area (Å²) in [5, 5.41) is 20.7. The van der Waals surface area contributed by atoms with Crippen molar-refractivity contribution < 1.29 is 4.92 Å². The van der Waals surface area contributed by atoms with Gasteiger partial charge < -0.3 is 4.57 Å². The van der Waals surface area contributed by atoms with Crippen LogP contribution in [0.4, 0.5) is 5.69 Å². The van der Waals surface area contributed by atoms with Gasteiger partial charge in [-0.25, -0.2) is 0 Å². The fraction of sp³-hybridized carbons (Fsp3) is 0.308. The standard InChI is InChI=1S/C13H11N3O2/c14-7-9-8-15(10-2-1-3-10)13-6-11(16(17)18)4-5-12(9)13/h4-6,8,10H,1-3H2. The molecular weight excluding hydrogens is 230 g/mol. The number of nitro benzene ring substituents is 1. The van der Waals surface area contributed by atoms with Gasteiger partial charge in [-0.1, -0.05) is 0 Å². The zero-order valence-corrected chi connectivity index (χ0v) is 9.67. The summed E-state index contributed by atoms with van der Waals surface area (Å²) in [7, 11) is 0. The first kappa shape index (κ1) is 10.8. The van der Waals surface area contributed by atoms with E-state index in [1.807, 2.05) is 10.8 Å². The van der Waals surface area contributed by atoms with Gasteiger partial charge >= 0.3 is 0 Å². The molecule has 3 rings (SSSR count). The molecule has 0 atom stereocenters. The Balaban J connectivity index is 2.24. The summed E-state index contributed by atoms with van der Waals surface area (Å²) in [6.07, 6.45) is 5.16. The van der Waals surface area contributed by atoms with Crippen molar-refractivity contribution in [2.45, 2.75) is 25.3 Å². The molecule has 1 aromatic heterocycles. The van der Waals surface area contributed by atoms with Crippen LogP contribution in [0.1, 0.15) is 30.9 Å². The Morgan fingerprint density at radius 1 is 1.44 bits per heavy atom. The lowest BCUT2D eigenvalue weighted by atomic mass is 9.93. The predicted molar refractivity (Wildman–Crippen MR) is 66.2 cm³/mol. The van der Waals surface area contributed by atoms with Crippen molar-refractivity contribution in [2.75, 3.05) is 0 Å². The third-order valence-corrected chi connectivity index (χ3v) is 3.62. The number of hydrogen-bond donors (Lipinski definition) is 0. The first-order chi connectivity index (χ1) is 8.70. The third kappa shape index (κ3) is 1.46. The van der Waals surface area contributed by atoms with Crippen LogP contribution in [-0.2, 0) is 0 Å². The molecule has 0 N–H and O–H groups in total. The summed E-state index contributed by atoms with van der Waals surface area (Å²) in [6, 6.07) is 7.22. The molecule has 2 aromatic rings. The number of nitro groups is 1. The highest BCUT2D eigenvalue weighted by Gasteiger charge is 2.23. The van der Waals surface area contributed by atoms with E-state index in [0.717, 1.165) is 23.7 Å². The number of nitriles is 1. The van der Waals surface area contributed by atoms with E-state index in [1.54, 1.807) is 12.1 Å². The number of fused-ring (bicyclic) bond motifs is 1. The lowest BCUT2D eigenvalue weighted by molar-refractivity contribution is -0.384. The molecule has 0 saturated heterocycles. The van der Waals surface area contributed by atoms with E-state index in [4.69, 9.17) is 5.26 Å². The molecule has 18 heavy (non-hydrogen) atoms. The second-order valence-electron chi connectivity index (χ2n) is 4.61. The highest BCUT2D eigenvalue weighted by molar-refractivity contribution is 5.88. The normalized spacial score (nSPS) is 15.3. The zero-order chi connectivity index (χ0) is 12.7. The maximum atomic E-state index is 10.8. The summed E-state index contributed by atoms with van der Waals surface area (Å²) in [6.45, 7) is 0. The molecule has 1 aliphatic rings. The van der Waals surface area contributed by atoms with Crippen LogP contribution in [0.2, 0.25) is 0 Å². The number of rotatable bonds is 2. The third-order valence-electron chi connectivity index (χ3n) is 3.62. The van der Waals surface area contributed by atoms with E-state index >= 15 is 0 Å². The first-order valence-electron chi connectivity index (χ1n) is 5.90. The zero-order valence-electron chi connectivity index (χ0n) is 9.67. The topological polar surface area (TPSA) is 71.9 Å². The maximum Gasteiger partial charge on any atom is 0.271 e. The van der Waals surface area contributed by atoms with Gasteiger partial charge in [0, 0.05) is 29.8 Å². The molecule has 0 aliphatic heterocycles. The van der Waals surface area contributed by atoms with Crippen molar-refractivity contribution in [1.29, 1.82) is 5.26 Å². The molecule has 1 heterocycles. The van der Waals surface area contributed by atoms with Gasteiger partial charge in [0.2, 0.25) is 0 Å². The molecule has 1 fully saturated rings. The molecule has 1 aromatic carbocycles. The molecule has 5 heteroatoms. The molecule has 0 radical (unpaired) electrons. The molecule has 0 unspecified atom stereocenters. The molecule has 90 valence electrons. The molecule has 0 bridgehead atoms. The van der Waals surface area contributed by atoms with E-state index in [9.17, 15) is 10.1 Å². The predicted octanol–water partition coefficient (Wildman–Crippen LogP) is 3.15. The van der Waals surface area contributed by atoms with Crippen LogP contribution in [0.25, 0.3) is 10.9 Å². The van der Waals surface area contributed by atoms with Crippen molar-refractivity contribution in [1.82, 2.24) is 4.57 Å². The van der Waals surface area contributed by atoms with Crippen LogP contribution < -0.4 is 0 Å². The second-order valence-corrected chi connectivity index (χ2v) is 4.61. The minimum Gasteiger partial charge on any atom is -0.343 e. The molecule has 0 amide bonds. The fourth-order valence-corrected chi connectivity index (χ4v) is 2.41. The SMILES string of the molecule is N#Cc1cn(C2CCC2)c2cc([N+](=O)[O-])ccc12. The monoisotopic (exact) mass is 241 g/mol. The van der Waals surface area contributed by atoms with Crippen LogP contribution in [0, 0.1) is 21.4 Å². The van der Waals surface area contributed by atoms with Crippen LogP contribution in [0.5, 0.6) is 0 Å². The van der Waals surface area contributed by atoms with Gasteiger partial charge in [0.05, 0.1) is 16.0 Å². The van der Waals surface area contributed by atoms with Gasteiger partial charge in [-0.3, -0.25) is 10.1 Å². The van der Waals surface area contributed by atoms with Gasteiger partial charge in [0.1, 0.15) is 6.07 Å². The van der Waals surface area contributed by atoms with Gasteiger partial charge in [-0.2, -0.15) is 5.26 Å². The lowest BCUT2D eigenvalue weighted by Crippen LogP contribution is -2.15. The number of nitrogens with zero attached hydrogens (tertiary/aromatic N) is 3. The Bertz CT molecular complexity index is 677. The van der Waals surface area contributed by atoms with E-state index in [1.165, 1.54) is 12.5 Å². The number of benzene rings is 1. The highest BCUT2D eigenvalue weighted by atomic mass is 16.6. The Kier molecular flexibility index (Phi) is 2.30. The second kappa shape index (κ2) is 3.84.